The Kier molecular flexibility index (Phi) is 5.35. The molecule has 2 aromatic carbocycles. The van der Waals surface area contributed by atoms with Crippen molar-refractivity contribution in [1.82, 2.24) is 15.1 Å². The molecular weight excluding hydrogens is 378 g/mol. The fraction of sp³-hybridized carbons (Fsp3) is 0.333. The zero-order valence-corrected chi connectivity index (χ0v) is 17.6. The van der Waals surface area contributed by atoms with E-state index in [0.29, 0.717) is 13.0 Å². The van der Waals surface area contributed by atoms with E-state index >= 15 is 0 Å². The van der Waals surface area contributed by atoms with E-state index in [1.165, 1.54) is 4.90 Å². The lowest BCUT2D eigenvalue weighted by Gasteiger charge is -2.27. The van der Waals surface area contributed by atoms with Crippen molar-refractivity contribution in [1.29, 1.82) is 0 Å². The molecule has 1 aromatic heterocycles. The summed E-state index contributed by atoms with van der Waals surface area (Å²) in [5.74, 6) is 0.730. The quantitative estimate of drug-likeness (QED) is 0.597. The number of furan rings is 1. The number of nitrogens with one attached hydrogen (secondary N) is 1. The third kappa shape index (κ3) is 3.27. The van der Waals surface area contributed by atoms with Crippen molar-refractivity contribution in [2.24, 2.45) is 0 Å². The van der Waals surface area contributed by atoms with E-state index in [2.05, 4.69) is 12.2 Å². The van der Waals surface area contributed by atoms with Gasteiger partial charge in [-0.15, -0.1) is 0 Å². The molecule has 1 aliphatic rings. The van der Waals surface area contributed by atoms with Crippen LogP contribution in [0.4, 0.5) is 4.79 Å². The normalized spacial score (nSPS) is 19.1. The van der Waals surface area contributed by atoms with Crippen LogP contribution >= 0.6 is 0 Å². The van der Waals surface area contributed by atoms with Gasteiger partial charge in [-0.2, -0.15) is 0 Å². The molecule has 30 heavy (non-hydrogen) atoms. The second-order valence-corrected chi connectivity index (χ2v) is 7.80. The maximum atomic E-state index is 13.3. The van der Waals surface area contributed by atoms with Crippen molar-refractivity contribution < 1.29 is 14.0 Å². The van der Waals surface area contributed by atoms with Gasteiger partial charge in [0.05, 0.1) is 6.67 Å². The summed E-state index contributed by atoms with van der Waals surface area (Å²) >= 11 is 0. The molecular formula is C24H27N3O3. The van der Waals surface area contributed by atoms with Crippen molar-refractivity contribution in [3.05, 3.63) is 71.5 Å². The number of hydrogen-bond donors (Lipinski definition) is 1. The highest BCUT2D eigenvalue weighted by molar-refractivity contribution is 6.07. The van der Waals surface area contributed by atoms with Gasteiger partial charge in [-0.25, -0.2) is 9.69 Å². The van der Waals surface area contributed by atoms with E-state index in [1.54, 1.807) is 0 Å². The Labute approximate surface area is 176 Å². The number of para-hydroxylation sites is 1. The molecule has 3 aromatic rings. The number of carbonyl (C=O) groups is 2. The van der Waals surface area contributed by atoms with Crippen LogP contribution in [0.5, 0.6) is 0 Å². The van der Waals surface area contributed by atoms with Crippen LogP contribution < -0.4 is 5.32 Å². The molecule has 3 amide bonds. The smallest absolute Gasteiger partial charge is 0.326 e. The minimum Gasteiger partial charge on any atom is -0.461 e. The summed E-state index contributed by atoms with van der Waals surface area (Å²) in [4.78, 5) is 29.4. The summed E-state index contributed by atoms with van der Waals surface area (Å²) in [7, 11) is 1.91. The van der Waals surface area contributed by atoms with E-state index in [1.807, 2.05) is 73.5 Å². The first-order valence-electron chi connectivity index (χ1n) is 10.4. The predicted octanol–water partition coefficient (Wildman–Crippen LogP) is 4.24. The Morgan fingerprint density at radius 1 is 1.03 bits per heavy atom. The molecule has 1 saturated heterocycles. The molecule has 0 spiro atoms. The van der Waals surface area contributed by atoms with Gasteiger partial charge < -0.3 is 9.73 Å². The monoisotopic (exact) mass is 405 g/mol. The van der Waals surface area contributed by atoms with E-state index < -0.39 is 5.54 Å². The number of rotatable bonds is 7. The standard InChI is InChI=1S/C24H27N3O3/c1-4-20-19(18-13-9-10-14-21(18)30-20)15-26(3)16-27-22(28)24(5-2,25-23(27)29)17-11-7-6-8-12-17/h6-14H,4-5,15-16H2,1-3H3,(H,25,29)/t24-/m0/s1. The third-order valence-electron chi connectivity index (χ3n) is 5.89. The average molecular weight is 405 g/mol. The lowest BCUT2D eigenvalue weighted by molar-refractivity contribution is -0.133. The minimum absolute atomic E-state index is 0.208. The predicted molar refractivity (Wildman–Crippen MR) is 116 cm³/mol. The maximum absolute atomic E-state index is 13.3. The highest BCUT2D eigenvalue weighted by Gasteiger charge is 2.51. The van der Waals surface area contributed by atoms with Crippen LogP contribution in [-0.2, 0) is 23.3 Å². The first-order chi connectivity index (χ1) is 14.5. The lowest BCUT2D eigenvalue weighted by Crippen LogP contribution is -2.44. The van der Waals surface area contributed by atoms with Crippen LogP contribution in [0.3, 0.4) is 0 Å². The topological polar surface area (TPSA) is 65.8 Å². The molecule has 1 aliphatic heterocycles. The molecule has 0 unspecified atom stereocenters. The van der Waals surface area contributed by atoms with Crippen molar-refractivity contribution in [2.75, 3.05) is 13.7 Å². The third-order valence-corrected chi connectivity index (χ3v) is 5.89. The molecule has 156 valence electrons. The summed E-state index contributed by atoms with van der Waals surface area (Å²) in [6, 6.07) is 17.1. The van der Waals surface area contributed by atoms with Crippen LogP contribution in [-0.4, -0.2) is 35.5 Å². The molecule has 4 rings (SSSR count). The number of amides is 3. The minimum atomic E-state index is -1.00. The molecule has 0 bridgehead atoms. The zero-order valence-electron chi connectivity index (χ0n) is 17.6. The largest absolute Gasteiger partial charge is 0.461 e. The fourth-order valence-electron chi connectivity index (χ4n) is 4.29. The summed E-state index contributed by atoms with van der Waals surface area (Å²) < 4.78 is 5.98. The highest BCUT2D eigenvalue weighted by atomic mass is 16.3. The number of carbonyl (C=O) groups excluding carboxylic acids is 2. The van der Waals surface area contributed by atoms with E-state index in [4.69, 9.17) is 4.42 Å². The second-order valence-electron chi connectivity index (χ2n) is 7.80. The van der Waals surface area contributed by atoms with E-state index in [9.17, 15) is 9.59 Å². The van der Waals surface area contributed by atoms with Gasteiger partial charge in [0.2, 0.25) is 0 Å². The molecule has 1 N–H and O–H groups in total. The highest BCUT2D eigenvalue weighted by Crippen LogP contribution is 2.33. The fourth-order valence-corrected chi connectivity index (χ4v) is 4.29. The zero-order chi connectivity index (χ0) is 21.3. The molecule has 0 saturated carbocycles. The number of hydrogen-bond acceptors (Lipinski definition) is 4. The van der Waals surface area contributed by atoms with E-state index in [0.717, 1.165) is 34.3 Å². The van der Waals surface area contributed by atoms with Crippen LogP contribution in [0.1, 0.15) is 37.2 Å². The van der Waals surface area contributed by atoms with Gasteiger partial charge in [0.25, 0.3) is 5.91 Å². The molecule has 0 aliphatic carbocycles. The SMILES string of the molecule is CCc1oc2ccccc2c1CN(C)CN1C(=O)N[C@@](CC)(c2ccccc2)C1=O. The van der Waals surface area contributed by atoms with Gasteiger partial charge in [0.15, 0.2) is 0 Å². The van der Waals surface area contributed by atoms with E-state index in [-0.39, 0.29) is 18.6 Å². The number of fused-ring (bicyclic) bond motifs is 1. The van der Waals surface area contributed by atoms with Crippen molar-refractivity contribution in [3.63, 3.8) is 0 Å². The van der Waals surface area contributed by atoms with Crippen LogP contribution in [0.25, 0.3) is 11.0 Å². The number of imide groups is 1. The summed E-state index contributed by atoms with van der Waals surface area (Å²) in [6.45, 7) is 4.78. The van der Waals surface area contributed by atoms with Crippen molar-refractivity contribution in [2.45, 2.75) is 38.8 Å². The van der Waals surface area contributed by atoms with Crippen LogP contribution in [0.2, 0.25) is 0 Å². The van der Waals surface area contributed by atoms with Crippen LogP contribution in [0.15, 0.2) is 59.0 Å². The lowest BCUT2D eigenvalue weighted by atomic mass is 9.87. The Balaban J connectivity index is 1.56. The average Bonchev–Trinajstić information content (AvgIpc) is 3.24. The molecule has 2 heterocycles. The van der Waals surface area contributed by atoms with Crippen molar-refractivity contribution in [3.8, 4) is 0 Å². The van der Waals surface area contributed by atoms with Gasteiger partial charge in [-0.05, 0) is 25.1 Å². The Hall–Kier alpha value is -3.12. The Morgan fingerprint density at radius 2 is 1.73 bits per heavy atom. The summed E-state index contributed by atoms with van der Waals surface area (Å²) in [5.41, 5.74) is 1.77. The summed E-state index contributed by atoms with van der Waals surface area (Å²) in [5, 5.41) is 4.02. The maximum Gasteiger partial charge on any atom is 0.326 e. The number of urea groups is 1. The first kappa shape index (κ1) is 20.2. The van der Waals surface area contributed by atoms with Crippen LogP contribution in [0, 0.1) is 0 Å². The number of benzene rings is 2. The van der Waals surface area contributed by atoms with Gasteiger partial charge >= 0.3 is 6.03 Å². The van der Waals surface area contributed by atoms with Crippen molar-refractivity contribution >= 4 is 22.9 Å². The molecule has 1 fully saturated rings. The number of nitrogens with zero attached hydrogens (tertiary/aromatic N) is 2. The van der Waals surface area contributed by atoms with Gasteiger partial charge in [0.1, 0.15) is 16.9 Å². The number of aryl methyl sites for hydroxylation is 1. The van der Waals surface area contributed by atoms with Gasteiger partial charge in [-0.1, -0.05) is 62.4 Å². The molecule has 6 nitrogen and oxygen atoms in total. The molecule has 0 radical (unpaired) electrons. The summed E-state index contributed by atoms with van der Waals surface area (Å²) in [6.07, 6.45) is 1.28. The van der Waals surface area contributed by atoms with Gasteiger partial charge in [-0.3, -0.25) is 9.69 Å². The molecule has 6 heteroatoms. The Bertz CT molecular complexity index is 1080. The first-order valence-corrected chi connectivity index (χ1v) is 10.4. The molecule has 1 atom stereocenters. The Morgan fingerprint density at radius 3 is 2.43 bits per heavy atom. The van der Waals surface area contributed by atoms with Gasteiger partial charge in [0, 0.05) is 23.9 Å². The second kappa shape index (κ2) is 7.95.